The van der Waals surface area contributed by atoms with Crippen LogP contribution in [0.3, 0.4) is 0 Å². The van der Waals surface area contributed by atoms with E-state index in [2.05, 4.69) is 15.4 Å². The molecular weight excluding hydrogens is 460 g/mol. The third-order valence-corrected chi connectivity index (χ3v) is 6.39. The number of nitrogens with one attached hydrogen (secondary N) is 3. The lowest BCUT2D eigenvalue weighted by atomic mass is 10.3. The van der Waals surface area contributed by atoms with Crippen molar-refractivity contribution in [3.63, 3.8) is 0 Å². The van der Waals surface area contributed by atoms with Gasteiger partial charge in [-0.3, -0.25) is 19.2 Å². The maximum atomic E-state index is 12.5. The Morgan fingerprint density at radius 1 is 1.03 bits per heavy atom. The maximum absolute atomic E-state index is 12.5. The molecule has 32 heavy (non-hydrogen) atoms. The van der Waals surface area contributed by atoms with Gasteiger partial charge in [-0.25, -0.2) is 8.42 Å². The zero-order valence-corrected chi connectivity index (χ0v) is 19.0. The molecule has 172 valence electrons. The number of sulfonamides is 1. The van der Waals surface area contributed by atoms with E-state index in [9.17, 15) is 27.6 Å². The van der Waals surface area contributed by atoms with Gasteiger partial charge >= 0.3 is 5.97 Å². The van der Waals surface area contributed by atoms with Crippen LogP contribution in [0.5, 0.6) is 0 Å². The lowest BCUT2D eigenvalue weighted by molar-refractivity contribution is -0.154. The number of carbonyl (C=O) groups is 4. The summed E-state index contributed by atoms with van der Waals surface area (Å²) in [6, 6.07) is 5.47. The number of carbonyl (C=O) groups excluding carboxylic acids is 4. The summed E-state index contributed by atoms with van der Waals surface area (Å²) in [4.78, 5) is 46.8. The first-order valence-electron chi connectivity index (χ1n) is 9.19. The van der Waals surface area contributed by atoms with E-state index in [1.165, 1.54) is 51.1 Å². The van der Waals surface area contributed by atoms with Gasteiger partial charge in [-0.2, -0.15) is 4.72 Å². The van der Waals surface area contributed by atoms with Crippen molar-refractivity contribution in [1.82, 2.24) is 4.72 Å². The van der Waals surface area contributed by atoms with E-state index in [-0.39, 0.29) is 21.4 Å². The van der Waals surface area contributed by atoms with Gasteiger partial charge in [0.25, 0.3) is 11.8 Å². The molecule has 2 aromatic rings. The number of ether oxygens (including phenoxy) is 1. The Balaban J connectivity index is 1.97. The second-order valence-electron chi connectivity index (χ2n) is 6.64. The molecule has 0 radical (unpaired) electrons. The summed E-state index contributed by atoms with van der Waals surface area (Å²) in [5.41, 5.74) is 5.74. The largest absolute Gasteiger partial charge is 0.451 e. The Labute approximate surface area is 188 Å². The number of benzene rings is 1. The van der Waals surface area contributed by atoms with Crippen molar-refractivity contribution in [3.05, 3.63) is 41.3 Å². The normalized spacial score (nSPS) is 13.0. The fraction of sp³-hybridized carbons (Fsp3) is 0.263. The zero-order chi connectivity index (χ0) is 24.1. The molecule has 2 rings (SSSR count). The van der Waals surface area contributed by atoms with Gasteiger partial charge < -0.3 is 21.1 Å². The van der Waals surface area contributed by atoms with E-state index in [1.54, 1.807) is 5.38 Å². The smallest absolute Gasteiger partial charge is 0.324 e. The number of primary amides is 1. The third-order valence-electron chi connectivity index (χ3n) is 4.00. The zero-order valence-electron chi connectivity index (χ0n) is 17.4. The van der Waals surface area contributed by atoms with E-state index in [0.29, 0.717) is 5.69 Å². The molecule has 0 spiro atoms. The van der Waals surface area contributed by atoms with E-state index < -0.39 is 40.0 Å². The summed E-state index contributed by atoms with van der Waals surface area (Å²) in [6.45, 7) is 3.88. The van der Waals surface area contributed by atoms with Crippen molar-refractivity contribution < 1.29 is 32.3 Å². The van der Waals surface area contributed by atoms with Gasteiger partial charge in [0.1, 0.15) is 11.0 Å². The summed E-state index contributed by atoms with van der Waals surface area (Å²) in [7, 11) is -4.08. The van der Waals surface area contributed by atoms with Crippen LogP contribution in [0, 0.1) is 0 Å². The Hall–Kier alpha value is -3.29. The third kappa shape index (κ3) is 6.60. The molecule has 0 aliphatic heterocycles. The monoisotopic (exact) mass is 482 g/mol. The Kier molecular flexibility index (Phi) is 8.08. The van der Waals surface area contributed by atoms with Crippen LogP contribution in [0.4, 0.5) is 10.7 Å². The van der Waals surface area contributed by atoms with E-state index in [1.807, 2.05) is 0 Å². The highest BCUT2D eigenvalue weighted by Gasteiger charge is 2.27. The molecule has 13 heteroatoms. The number of nitrogens with two attached hydrogens (primary N) is 1. The number of rotatable bonds is 9. The highest BCUT2D eigenvalue weighted by molar-refractivity contribution is 7.89. The number of thiophene rings is 1. The lowest BCUT2D eigenvalue weighted by Gasteiger charge is -2.17. The number of anilines is 2. The van der Waals surface area contributed by atoms with Crippen molar-refractivity contribution in [2.75, 3.05) is 10.6 Å². The predicted molar refractivity (Wildman–Crippen MR) is 118 cm³/mol. The van der Waals surface area contributed by atoms with Crippen LogP contribution in [0.15, 0.2) is 40.6 Å². The van der Waals surface area contributed by atoms with Gasteiger partial charge in [0.05, 0.1) is 10.5 Å². The quantitative estimate of drug-likeness (QED) is 0.386. The molecule has 0 saturated carbocycles. The summed E-state index contributed by atoms with van der Waals surface area (Å²) in [5.74, 6) is -2.73. The summed E-state index contributed by atoms with van der Waals surface area (Å²) in [5, 5.41) is 6.72. The second kappa shape index (κ2) is 10.3. The van der Waals surface area contributed by atoms with Crippen molar-refractivity contribution in [2.45, 2.75) is 37.8 Å². The molecule has 1 aromatic heterocycles. The standard InChI is InChI=1S/C19H22N4O7S2/c1-10(23-32(28,29)14-6-4-13(5-7-14)21-12(3)24)19(27)30-11(2)17(26)22-18-15(16(20)25)8-9-31-18/h4-11,23H,1-3H3,(H2,20,25)(H,21,24)(H,22,26)/t10-,11?/m0/s1. The summed E-state index contributed by atoms with van der Waals surface area (Å²) in [6.07, 6.45) is -1.27. The van der Waals surface area contributed by atoms with Gasteiger partial charge in [-0.1, -0.05) is 0 Å². The number of esters is 1. The molecule has 0 fully saturated rings. The van der Waals surface area contributed by atoms with Crippen LogP contribution in [0.2, 0.25) is 0 Å². The minimum Gasteiger partial charge on any atom is -0.451 e. The van der Waals surface area contributed by atoms with Gasteiger partial charge in [-0.05, 0) is 49.6 Å². The van der Waals surface area contributed by atoms with Crippen LogP contribution in [0.25, 0.3) is 0 Å². The Morgan fingerprint density at radius 2 is 1.66 bits per heavy atom. The van der Waals surface area contributed by atoms with Crippen LogP contribution in [-0.2, 0) is 29.1 Å². The molecule has 0 aliphatic rings. The number of hydrogen-bond acceptors (Lipinski definition) is 8. The molecule has 0 aliphatic carbocycles. The van der Waals surface area contributed by atoms with Gasteiger partial charge in [0.2, 0.25) is 15.9 Å². The first-order chi connectivity index (χ1) is 14.9. The van der Waals surface area contributed by atoms with Crippen LogP contribution < -0.4 is 21.1 Å². The highest BCUT2D eigenvalue weighted by atomic mass is 32.2. The first-order valence-corrected chi connectivity index (χ1v) is 11.6. The second-order valence-corrected chi connectivity index (χ2v) is 9.27. The predicted octanol–water partition coefficient (Wildman–Crippen LogP) is 1.04. The minimum atomic E-state index is -4.08. The van der Waals surface area contributed by atoms with Gasteiger partial charge in [0, 0.05) is 12.6 Å². The molecule has 5 N–H and O–H groups in total. The van der Waals surface area contributed by atoms with E-state index in [0.717, 1.165) is 11.3 Å². The highest BCUT2D eigenvalue weighted by Crippen LogP contribution is 2.23. The average molecular weight is 483 g/mol. The molecule has 0 bridgehead atoms. The fourth-order valence-electron chi connectivity index (χ4n) is 2.41. The van der Waals surface area contributed by atoms with Gasteiger partial charge in [-0.15, -0.1) is 11.3 Å². The van der Waals surface area contributed by atoms with Crippen molar-refractivity contribution in [3.8, 4) is 0 Å². The van der Waals surface area contributed by atoms with Crippen LogP contribution in [0.1, 0.15) is 31.1 Å². The molecule has 3 amide bonds. The van der Waals surface area contributed by atoms with Crippen molar-refractivity contribution >= 4 is 55.7 Å². The lowest BCUT2D eigenvalue weighted by Crippen LogP contribution is -2.42. The van der Waals surface area contributed by atoms with Crippen molar-refractivity contribution in [2.24, 2.45) is 5.73 Å². The minimum absolute atomic E-state index is 0.118. The molecule has 1 heterocycles. The Bertz CT molecular complexity index is 1130. The molecule has 2 atom stereocenters. The fourth-order valence-corrected chi connectivity index (χ4v) is 4.40. The average Bonchev–Trinajstić information content (AvgIpc) is 3.15. The molecular formula is C19H22N4O7S2. The number of amides is 3. The molecule has 11 nitrogen and oxygen atoms in total. The summed E-state index contributed by atoms with van der Waals surface area (Å²) < 4.78 is 32.2. The maximum Gasteiger partial charge on any atom is 0.324 e. The summed E-state index contributed by atoms with van der Waals surface area (Å²) >= 11 is 1.07. The molecule has 1 aromatic carbocycles. The topological polar surface area (TPSA) is 174 Å². The van der Waals surface area contributed by atoms with Gasteiger partial charge in [0.15, 0.2) is 6.10 Å². The SMILES string of the molecule is CC(=O)Nc1ccc(S(=O)(=O)N[C@@H](C)C(=O)OC(C)C(=O)Nc2sccc2C(N)=O)cc1. The Morgan fingerprint density at radius 3 is 2.22 bits per heavy atom. The number of hydrogen-bond donors (Lipinski definition) is 4. The van der Waals surface area contributed by atoms with E-state index in [4.69, 9.17) is 10.5 Å². The van der Waals surface area contributed by atoms with E-state index >= 15 is 0 Å². The van der Waals surface area contributed by atoms with Crippen LogP contribution in [-0.4, -0.2) is 44.3 Å². The van der Waals surface area contributed by atoms with Crippen LogP contribution >= 0.6 is 11.3 Å². The van der Waals surface area contributed by atoms with Crippen molar-refractivity contribution in [1.29, 1.82) is 0 Å². The first kappa shape index (κ1) is 25.0. The molecule has 0 saturated heterocycles. The molecule has 1 unspecified atom stereocenters.